The Bertz CT molecular complexity index is 844. The third-order valence-corrected chi connectivity index (χ3v) is 5.38. The van der Waals surface area contributed by atoms with E-state index in [-0.39, 0.29) is 11.8 Å². The van der Waals surface area contributed by atoms with Gasteiger partial charge in [-0.2, -0.15) is 0 Å². The van der Waals surface area contributed by atoms with Crippen molar-refractivity contribution in [3.8, 4) is 0 Å². The van der Waals surface area contributed by atoms with Gasteiger partial charge in [0.05, 0.1) is 0 Å². The standard InChI is InChI=1S/C23H28N2O2/c1-4-19-11-7-8-17(2)23(19)25(18(3)26)15-13-22(27)24-14-12-20-9-5-6-10-21(20)16-24/h5-11H,4,12-16H2,1-3H3. The lowest BCUT2D eigenvalue weighted by Crippen LogP contribution is -2.39. The number of para-hydroxylation sites is 1. The highest BCUT2D eigenvalue weighted by Crippen LogP contribution is 2.26. The minimum atomic E-state index is -0.0178. The smallest absolute Gasteiger partial charge is 0.224 e. The maximum Gasteiger partial charge on any atom is 0.224 e. The van der Waals surface area contributed by atoms with Crippen LogP contribution in [0.4, 0.5) is 5.69 Å². The first-order chi connectivity index (χ1) is 13.0. The number of anilines is 1. The molecule has 1 heterocycles. The lowest BCUT2D eigenvalue weighted by atomic mass is 9.99. The molecule has 4 heteroatoms. The molecule has 0 bridgehead atoms. The van der Waals surface area contributed by atoms with Gasteiger partial charge in [0.25, 0.3) is 0 Å². The van der Waals surface area contributed by atoms with Gasteiger partial charge in [-0.1, -0.05) is 49.4 Å². The number of aryl methyl sites for hydroxylation is 2. The molecule has 0 saturated heterocycles. The van der Waals surface area contributed by atoms with Crippen molar-refractivity contribution >= 4 is 17.5 Å². The summed E-state index contributed by atoms with van der Waals surface area (Å²) in [6.07, 6.45) is 2.10. The summed E-state index contributed by atoms with van der Waals surface area (Å²) in [6.45, 7) is 7.53. The maximum atomic E-state index is 12.8. The molecule has 2 aromatic rings. The van der Waals surface area contributed by atoms with Crippen molar-refractivity contribution in [1.29, 1.82) is 0 Å². The monoisotopic (exact) mass is 364 g/mol. The lowest BCUT2D eigenvalue weighted by molar-refractivity contribution is -0.131. The van der Waals surface area contributed by atoms with Crippen LogP contribution in [0.1, 0.15) is 42.5 Å². The third-order valence-electron chi connectivity index (χ3n) is 5.38. The van der Waals surface area contributed by atoms with E-state index in [1.54, 1.807) is 11.8 Å². The SMILES string of the molecule is CCc1cccc(C)c1N(CCC(=O)N1CCc2ccccc2C1)C(C)=O. The number of carbonyl (C=O) groups excluding carboxylic acids is 2. The molecule has 2 amide bonds. The Hall–Kier alpha value is -2.62. The Morgan fingerprint density at radius 2 is 1.81 bits per heavy atom. The highest BCUT2D eigenvalue weighted by molar-refractivity contribution is 5.94. The van der Waals surface area contributed by atoms with Gasteiger partial charge < -0.3 is 9.80 Å². The first-order valence-electron chi connectivity index (χ1n) is 9.72. The van der Waals surface area contributed by atoms with Crippen molar-refractivity contribution in [2.45, 2.75) is 46.6 Å². The van der Waals surface area contributed by atoms with Crippen LogP contribution < -0.4 is 4.90 Å². The highest BCUT2D eigenvalue weighted by Gasteiger charge is 2.23. The molecule has 27 heavy (non-hydrogen) atoms. The summed E-state index contributed by atoms with van der Waals surface area (Å²) >= 11 is 0. The molecule has 142 valence electrons. The van der Waals surface area contributed by atoms with E-state index in [0.717, 1.165) is 36.2 Å². The minimum absolute atomic E-state index is 0.0178. The van der Waals surface area contributed by atoms with Crippen LogP contribution in [-0.2, 0) is 29.0 Å². The molecule has 0 saturated carbocycles. The second-order valence-electron chi connectivity index (χ2n) is 7.19. The molecule has 0 unspecified atom stereocenters. The zero-order valence-electron chi connectivity index (χ0n) is 16.5. The van der Waals surface area contributed by atoms with E-state index in [9.17, 15) is 9.59 Å². The molecule has 0 N–H and O–H groups in total. The molecular weight excluding hydrogens is 336 g/mol. The molecular formula is C23H28N2O2. The molecule has 1 aliphatic heterocycles. The predicted octanol–water partition coefficient (Wildman–Crippen LogP) is 3.89. The largest absolute Gasteiger partial charge is 0.338 e. The second-order valence-corrected chi connectivity index (χ2v) is 7.19. The zero-order chi connectivity index (χ0) is 19.4. The molecule has 0 aromatic heterocycles. The molecule has 0 atom stereocenters. The van der Waals surface area contributed by atoms with Gasteiger partial charge in [-0.3, -0.25) is 9.59 Å². The van der Waals surface area contributed by atoms with Crippen molar-refractivity contribution < 1.29 is 9.59 Å². The Kier molecular flexibility index (Phi) is 5.94. The molecule has 0 spiro atoms. The molecule has 1 aliphatic rings. The molecule has 4 nitrogen and oxygen atoms in total. The van der Waals surface area contributed by atoms with Gasteiger partial charge in [0, 0.05) is 38.7 Å². The van der Waals surface area contributed by atoms with Crippen LogP contribution >= 0.6 is 0 Å². The summed E-state index contributed by atoms with van der Waals surface area (Å²) in [5.74, 6) is 0.0955. The van der Waals surface area contributed by atoms with Crippen LogP contribution in [-0.4, -0.2) is 29.8 Å². The van der Waals surface area contributed by atoms with Crippen LogP contribution in [0.2, 0.25) is 0 Å². The fraction of sp³-hybridized carbons (Fsp3) is 0.391. The number of hydrogen-bond donors (Lipinski definition) is 0. The number of nitrogens with zero attached hydrogens (tertiary/aromatic N) is 2. The van der Waals surface area contributed by atoms with E-state index in [4.69, 9.17) is 0 Å². The lowest BCUT2D eigenvalue weighted by Gasteiger charge is -2.30. The van der Waals surface area contributed by atoms with E-state index in [0.29, 0.717) is 19.5 Å². The van der Waals surface area contributed by atoms with Gasteiger partial charge in [-0.25, -0.2) is 0 Å². The fourth-order valence-electron chi connectivity index (χ4n) is 3.89. The number of fused-ring (bicyclic) bond motifs is 1. The van der Waals surface area contributed by atoms with Crippen LogP contribution in [0.15, 0.2) is 42.5 Å². The van der Waals surface area contributed by atoms with Crippen molar-refractivity contribution in [3.05, 3.63) is 64.7 Å². The average Bonchev–Trinajstić information content (AvgIpc) is 2.68. The Morgan fingerprint density at radius 1 is 1.07 bits per heavy atom. The molecule has 2 aromatic carbocycles. The number of carbonyl (C=O) groups is 2. The van der Waals surface area contributed by atoms with Crippen LogP contribution in [0.25, 0.3) is 0 Å². The van der Waals surface area contributed by atoms with Crippen LogP contribution in [0.5, 0.6) is 0 Å². The molecule has 0 aliphatic carbocycles. The normalized spacial score (nSPS) is 13.2. The Labute approximate surface area is 161 Å². The Morgan fingerprint density at radius 3 is 2.52 bits per heavy atom. The summed E-state index contributed by atoms with van der Waals surface area (Å²) < 4.78 is 0. The highest BCUT2D eigenvalue weighted by atomic mass is 16.2. The van der Waals surface area contributed by atoms with Gasteiger partial charge in [-0.05, 0) is 42.0 Å². The number of hydrogen-bond acceptors (Lipinski definition) is 2. The average molecular weight is 364 g/mol. The number of rotatable bonds is 5. The van der Waals surface area contributed by atoms with E-state index >= 15 is 0 Å². The summed E-state index contributed by atoms with van der Waals surface area (Å²) in [5.41, 5.74) is 5.74. The maximum absolute atomic E-state index is 12.8. The van der Waals surface area contributed by atoms with Gasteiger partial charge in [0.2, 0.25) is 11.8 Å². The fourth-order valence-corrected chi connectivity index (χ4v) is 3.89. The van der Waals surface area contributed by atoms with E-state index in [2.05, 4.69) is 31.2 Å². The molecule has 0 radical (unpaired) electrons. The minimum Gasteiger partial charge on any atom is -0.338 e. The molecule has 3 rings (SSSR count). The number of amides is 2. The van der Waals surface area contributed by atoms with E-state index < -0.39 is 0 Å². The van der Waals surface area contributed by atoms with Crippen molar-refractivity contribution in [2.24, 2.45) is 0 Å². The topological polar surface area (TPSA) is 40.6 Å². The molecule has 0 fully saturated rings. The van der Waals surface area contributed by atoms with Crippen molar-refractivity contribution in [1.82, 2.24) is 4.90 Å². The summed E-state index contributed by atoms with van der Waals surface area (Å²) in [6, 6.07) is 14.4. The quantitative estimate of drug-likeness (QED) is 0.808. The first-order valence-corrected chi connectivity index (χ1v) is 9.72. The summed E-state index contributed by atoms with van der Waals surface area (Å²) in [4.78, 5) is 28.8. The van der Waals surface area contributed by atoms with Crippen molar-refractivity contribution in [2.75, 3.05) is 18.0 Å². The Balaban J connectivity index is 1.71. The van der Waals surface area contributed by atoms with Gasteiger partial charge >= 0.3 is 0 Å². The van der Waals surface area contributed by atoms with Gasteiger partial charge in [-0.15, -0.1) is 0 Å². The van der Waals surface area contributed by atoms with Crippen LogP contribution in [0.3, 0.4) is 0 Å². The van der Waals surface area contributed by atoms with E-state index in [1.165, 1.54) is 11.1 Å². The summed E-state index contributed by atoms with van der Waals surface area (Å²) in [5, 5.41) is 0. The van der Waals surface area contributed by atoms with Crippen LogP contribution in [0, 0.1) is 6.92 Å². The van der Waals surface area contributed by atoms with Gasteiger partial charge in [0.1, 0.15) is 0 Å². The van der Waals surface area contributed by atoms with Gasteiger partial charge in [0.15, 0.2) is 0 Å². The summed E-state index contributed by atoms with van der Waals surface area (Å²) in [7, 11) is 0. The third kappa shape index (κ3) is 4.21. The second kappa shape index (κ2) is 8.38. The predicted molar refractivity (Wildman–Crippen MR) is 109 cm³/mol. The van der Waals surface area contributed by atoms with Crippen molar-refractivity contribution in [3.63, 3.8) is 0 Å². The zero-order valence-corrected chi connectivity index (χ0v) is 16.5. The first kappa shape index (κ1) is 19.2. The number of benzene rings is 2. The van der Waals surface area contributed by atoms with E-state index in [1.807, 2.05) is 30.0 Å².